The largest absolute Gasteiger partial charge is 0.316 e. The van der Waals surface area contributed by atoms with Gasteiger partial charge in [0.2, 0.25) is 10.0 Å². The van der Waals surface area contributed by atoms with Crippen molar-refractivity contribution in [3.05, 3.63) is 33.3 Å². The predicted molar refractivity (Wildman–Crippen MR) is 71.8 cm³/mol. The van der Waals surface area contributed by atoms with Crippen LogP contribution in [0.4, 0.5) is 5.69 Å². The molecule has 9 heteroatoms. The first-order valence-corrected chi connectivity index (χ1v) is 7.25. The summed E-state index contributed by atoms with van der Waals surface area (Å²) in [6, 6.07) is 3.33. The Morgan fingerprint density at radius 1 is 1.47 bits per heavy atom. The van der Waals surface area contributed by atoms with E-state index in [0.29, 0.717) is 0 Å². The maximum Gasteiger partial charge on any atom is 0.290 e. The number of likely N-dealkylation sites (N-methyl/N-ethyl adjacent to an activating group) is 1. The highest BCUT2D eigenvalue weighted by molar-refractivity contribution is 7.89. The van der Waals surface area contributed by atoms with Gasteiger partial charge in [0.15, 0.2) is 4.90 Å². The summed E-state index contributed by atoms with van der Waals surface area (Å²) >= 11 is 5.63. The van der Waals surface area contributed by atoms with Gasteiger partial charge in [-0.3, -0.25) is 10.1 Å². The maximum absolute atomic E-state index is 12.0. The van der Waals surface area contributed by atoms with Crippen molar-refractivity contribution in [1.29, 1.82) is 0 Å². The number of sulfonamides is 1. The van der Waals surface area contributed by atoms with Gasteiger partial charge in [0.25, 0.3) is 5.69 Å². The molecule has 0 fully saturated rings. The minimum atomic E-state index is -3.95. The SMILES string of the molecule is CNC(C)CNS(=O)(=O)c1ccc(Cl)cc1[N+](=O)[O-]. The fourth-order valence-electron chi connectivity index (χ4n) is 1.27. The van der Waals surface area contributed by atoms with E-state index in [9.17, 15) is 18.5 Å². The zero-order chi connectivity index (χ0) is 14.6. The fourth-order valence-corrected chi connectivity index (χ4v) is 2.72. The number of hydrogen-bond acceptors (Lipinski definition) is 5. The van der Waals surface area contributed by atoms with Crippen LogP contribution in [0.15, 0.2) is 23.1 Å². The summed E-state index contributed by atoms with van der Waals surface area (Å²) in [7, 11) is -2.26. The summed E-state index contributed by atoms with van der Waals surface area (Å²) in [5, 5.41) is 13.8. The second kappa shape index (κ2) is 6.29. The van der Waals surface area contributed by atoms with Crippen LogP contribution in [0.2, 0.25) is 5.02 Å². The third kappa shape index (κ3) is 4.13. The molecule has 1 aromatic rings. The van der Waals surface area contributed by atoms with Gasteiger partial charge in [-0.2, -0.15) is 0 Å². The van der Waals surface area contributed by atoms with Crippen molar-refractivity contribution in [2.24, 2.45) is 0 Å². The molecule has 106 valence electrons. The highest BCUT2D eigenvalue weighted by Crippen LogP contribution is 2.26. The summed E-state index contributed by atoms with van der Waals surface area (Å²) in [4.78, 5) is 9.68. The number of nitrogens with zero attached hydrogens (tertiary/aromatic N) is 1. The first-order chi connectivity index (χ1) is 8.77. The molecule has 0 aliphatic rings. The van der Waals surface area contributed by atoms with E-state index < -0.39 is 25.5 Å². The smallest absolute Gasteiger partial charge is 0.290 e. The quantitative estimate of drug-likeness (QED) is 0.606. The number of nitrogens with one attached hydrogen (secondary N) is 2. The van der Waals surface area contributed by atoms with E-state index in [-0.39, 0.29) is 17.6 Å². The maximum atomic E-state index is 12.0. The zero-order valence-corrected chi connectivity index (χ0v) is 12.0. The van der Waals surface area contributed by atoms with Crippen LogP contribution in [0.25, 0.3) is 0 Å². The van der Waals surface area contributed by atoms with Crippen LogP contribution in [0.3, 0.4) is 0 Å². The minimum absolute atomic E-state index is 0.0962. The van der Waals surface area contributed by atoms with Crippen LogP contribution in [-0.2, 0) is 10.0 Å². The van der Waals surface area contributed by atoms with Crippen molar-refractivity contribution >= 4 is 27.3 Å². The zero-order valence-electron chi connectivity index (χ0n) is 10.4. The van der Waals surface area contributed by atoms with E-state index in [4.69, 9.17) is 11.6 Å². The predicted octanol–water partition coefficient (Wildman–Crippen LogP) is 1.13. The fraction of sp³-hybridized carbons (Fsp3) is 0.400. The molecule has 1 unspecified atom stereocenters. The Hall–Kier alpha value is -1.22. The Labute approximate surface area is 116 Å². The van der Waals surface area contributed by atoms with Gasteiger partial charge in [-0.05, 0) is 26.1 Å². The second-order valence-corrected chi connectivity index (χ2v) is 6.08. The van der Waals surface area contributed by atoms with Gasteiger partial charge in [-0.15, -0.1) is 0 Å². The monoisotopic (exact) mass is 307 g/mol. The lowest BCUT2D eigenvalue weighted by Gasteiger charge is -2.12. The number of nitro benzene ring substituents is 1. The van der Waals surface area contributed by atoms with Gasteiger partial charge < -0.3 is 5.32 Å². The normalized spacial score (nSPS) is 13.2. The first-order valence-electron chi connectivity index (χ1n) is 5.39. The van der Waals surface area contributed by atoms with E-state index in [1.54, 1.807) is 14.0 Å². The third-order valence-corrected chi connectivity index (χ3v) is 4.19. The number of rotatable bonds is 6. The van der Waals surface area contributed by atoms with Gasteiger partial charge >= 0.3 is 0 Å². The molecule has 7 nitrogen and oxygen atoms in total. The van der Waals surface area contributed by atoms with Crippen molar-refractivity contribution in [2.75, 3.05) is 13.6 Å². The topological polar surface area (TPSA) is 101 Å². The highest BCUT2D eigenvalue weighted by atomic mass is 35.5. The van der Waals surface area contributed by atoms with E-state index in [1.807, 2.05) is 0 Å². The first kappa shape index (κ1) is 15.8. The van der Waals surface area contributed by atoms with Crippen molar-refractivity contribution in [1.82, 2.24) is 10.0 Å². The Morgan fingerprint density at radius 3 is 2.63 bits per heavy atom. The van der Waals surface area contributed by atoms with Crippen molar-refractivity contribution in [3.63, 3.8) is 0 Å². The molecule has 0 spiro atoms. The molecular weight excluding hydrogens is 294 g/mol. The lowest BCUT2D eigenvalue weighted by Crippen LogP contribution is -2.37. The molecule has 0 heterocycles. The van der Waals surface area contributed by atoms with Crippen molar-refractivity contribution < 1.29 is 13.3 Å². The molecule has 0 radical (unpaired) electrons. The summed E-state index contributed by atoms with van der Waals surface area (Å²) in [5.41, 5.74) is -0.544. The van der Waals surface area contributed by atoms with Crippen LogP contribution in [0.5, 0.6) is 0 Å². The number of benzene rings is 1. The van der Waals surface area contributed by atoms with Gasteiger partial charge in [0, 0.05) is 23.7 Å². The second-order valence-electron chi connectivity index (χ2n) is 3.91. The van der Waals surface area contributed by atoms with Crippen LogP contribution >= 0.6 is 11.6 Å². The Morgan fingerprint density at radius 2 is 2.11 bits per heavy atom. The lowest BCUT2D eigenvalue weighted by molar-refractivity contribution is -0.387. The van der Waals surface area contributed by atoms with Gasteiger partial charge in [-0.25, -0.2) is 13.1 Å². The summed E-state index contributed by atoms with van der Waals surface area (Å²) < 4.78 is 26.3. The van der Waals surface area contributed by atoms with Crippen LogP contribution in [-0.4, -0.2) is 33.0 Å². The molecule has 0 saturated heterocycles. The van der Waals surface area contributed by atoms with Crippen LogP contribution < -0.4 is 10.0 Å². The van der Waals surface area contributed by atoms with Crippen molar-refractivity contribution in [3.8, 4) is 0 Å². The molecule has 0 amide bonds. The number of halogens is 1. The lowest BCUT2D eigenvalue weighted by atomic mass is 10.3. The van der Waals surface area contributed by atoms with E-state index >= 15 is 0 Å². The summed E-state index contributed by atoms with van der Waals surface area (Å²) in [5.74, 6) is 0. The van der Waals surface area contributed by atoms with Gasteiger partial charge in [-0.1, -0.05) is 11.6 Å². The average Bonchev–Trinajstić information content (AvgIpc) is 2.35. The standard InChI is InChI=1S/C10H14ClN3O4S/c1-7(12-2)6-13-19(17,18)10-4-3-8(11)5-9(10)14(15)16/h3-5,7,12-13H,6H2,1-2H3. The van der Waals surface area contributed by atoms with E-state index in [2.05, 4.69) is 10.0 Å². The van der Waals surface area contributed by atoms with Crippen LogP contribution in [0, 0.1) is 10.1 Å². The molecule has 0 aromatic heterocycles. The van der Waals surface area contributed by atoms with Crippen LogP contribution in [0.1, 0.15) is 6.92 Å². The molecule has 2 N–H and O–H groups in total. The molecule has 1 atom stereocenters. The van der Waals surface area contributed by atoms with E-state index in [1.165, 1.54) is 6.07 Å². The molecule has 1 rings (SSSR count). The summed E-state index contributed by atoms with van der Waals surface area (Å²) in [6.07, 6.45) is 0. The number of nitro groups is 1. The molecule has 0 aliphatic carbocycles. The Bertz CT molecular complexity index is 576. The average molecular weight is 308 g/mol. The molecule has 0 saturated carbocycles. The summed E-state index contributed by atoms with van der Waals surface area (Å²) in [6.45, 7) is 1.90. The van der Waals surface area contributed by atoms with Gasteiger partial charge in [0.05, 0.1) is 4.92 Å². The molecule has 1 aromatic carbocycles. The highest BCUT2D eigenvalue weighted by Gasteiger charge is 2.26. The molecule has 19 heavy (non-hydrogen) atoms. The number of hydrogen-bond donors (Lipinski definition) is 2. The molecular formula is C10H14ClN3O4S. The Kier molecular flexibility index (Phi) is 5.24. The Balaban J connectivity index is 3.11. The molecule has 0 aliphatic heterocycles. The van der Waals surface area contributed by atoms with E-state index in [0.717, 1.165) is 12.1 Å². The minimum Gasteiger partial charge on any atom is -0.316 e. The molecule has 0 bridgehead atoms. The third-order valence-electron chi connectivity index (χ3n) is 2.48. The van der Waals surface area contributed by atoms with Crippen molar-refractivity contribution in [2.45, 2.75) is 17.9 Å². The van der Waals surface area contributed by atoms with Gasteiger partial charge in [0.1, 0.15) is 0 Å².